The smallest absolute Gasteiger partial charge is 0.0686 e. The first-order valence-electron chi connectivity index (χ1n) is 5.74. The van der Waals surface area contributed by atoms with Crippen molar-refractivity contribution in [1.29, 1.82) is 0 Å². The van der Waals surface area contributed by atoms with Gasteiger partial charge in [-0.15, -0.1) is 0 Å². The number of rotatable bonds is 2. The standard InChI is InChI=1S/C12H22O/c1-4-6-12-7-5-10(2)11(3,8-12)13-9-12/h10H,4-9H2,1-3H3/t10?,11-,12+/m1/s1. The van der Waals surface area contributed by atoms with Gasteiger partial charge in [0.2, 0.25) is 0 Å². The van der Waals surface area contributed by atoms with Crippen LogP contribution in [0.1, 0.15) is 52.9 Å². The fourth-order valence-corrected chi connectivity index (χ4v) is 3.29. The van der Waals surface area contributed by atoms with Crippen molar-refractivity contribution in [2.24, 2.45) is 11.3 Å². The summed E-state index contributed by atoms with van der Waals surface area (Å²) in [6, 6.07) is 0. The summed E-state index contributed by atoms with van der Waals surface area (Å²) in [7, 11) is 0. The molecule has 13 heavy (non-hydrogen) atoms. The van der Waals surface area contributed by atoms with Crippen molar-refractivity contribution < 1.29 is 4.74 Å². The Labute approximate surface area is 81.9 Å². The molecule has 1 aliphatic heterocycles. The molecule has 1 nitrogen and oxygen atoms in total. The lowest BCUT2D eigenvalue weighted by molar-refractivity contribution is -0.0233. The average Bonchev–Trinajstić information content (AvgIpc) is 2.37. The van der Waals surface area contributed by atoms with E-state index < -0.39 is 0 Å². The third kappa shape index (κ3) is 1.41. The normalized spacial score (nSPS) is 49.6. The van der Waals surface area contributed by atoms with Gasteiger partial charge in [0.25, 0.3) is 0 Å². The molecule has 2 rings (SSSR count). The van der Waals surface area contributed by atoms with Crippen LogP contribution in [0.25, 0.3) is 0 Å². The molecular formula is C12H22O. The molecule has 1 saturated heterocycles. The summed E-state index contributed by atoms with van der Waals surface area (Å²) in [6.07, 6.45) is 6.77. The maximum Gasteiger partial charge on any atom is 0.0686 e. The van der Waals surface area contributed by atoms with Gasteiger partial charge in [0.05, 0.1) is 12.2 Å². The van der Waals surface area contributed by atoms with Crippen LogP contribution in [-0.4, -0.2) is 12.2 Å². The van der Waals surface area contributed by atoms with Gasteiger partial charge in [0, 0.05) is 0 Å². The summed E-state index contributed by atoms with van der Waals surface area (Å²) < 4.78 is 6.03. The van der Waals surface area contributed by atoms with E-state index in [1.54, 1.807) is 0 Å². The lowest BCUT2D eigenvalue weighted by atomic mass is 9.65. The van der Waals surface area contributed by atoms with Crippen molar-refractivity contribution in [3.05, 3.63) is 0 Å². The molecule has 0 aromatic carbocycles. The predicted octanol–water partition coefficient (Wildman–Crippen LogP) is 3.38. The van der Waals surface area contributed by atoms with Crippen molar-refractivity contribution in [2.45, 2.75) is 58.5 Å². The van der Waals surface area contributed by atoms with Crippen LogP contribution in [-0.2, 0) is 4.74 Å². The molecule has 1 saturated carbocycles. The number of fused-ring (bicyclic) bond motifs is 2. The van der Waals surface area contributed by atoms with Crippen LogP contribution in [0.2, 0.25) is 0 Å². The second-order valence-electron chi connectivity index (χ2n) is 5.47. The summed E-state index contributed by atoms with van der Waals surface area (Å²) in [6.45, 7) is 7.99. The summed E-state index contributed by atoms with van der Waals surface area (Å²) in [4.78, 5) is 0. The predicted molar refractivity (Wildman–Crippen MR) is 54.7 cm³/mol. The molecule has 0 N–H and O–H groups in total. The summed E-state index contributed by atoms with van der Waals surface area (Å²) in [5.41, 5.74) is 0.781. The second kappa shape index (κ2) is 2.98. The van der Waals surface area contributed by atoms with Crippen molar-refractivity contribution in [3.63, 3.8) is 0 Å². The van der Waals surface area contributed by atoms with Gasteiger partial charge in [-0.25, -0.2) is 0 Å². The number of hydrogen-bond donors (Lipinski definition) is 0. The Morgan fingerprint density at radius 3 is 2.92 bits per heavy atom. The van der Waals surface area contributed by atoms with Crippen molar-refractivity contribution in [2.75, 3.05) is 6.61 Å². The Kier molecular flexibility index (Phi) is 2.18. The molecule has 0 radical (unpaired) electrons. The van der Waals surface area contributed by atoms with Crippen LogP contribution in [0, 0.1) is 11.3 Å². The molecule has 2 bridgehead atoms. The summed E-state index contributed by atoms with van der Waals surface area (Å²) in [5, 5.41) is 0. The Hall–Kier alpha value is -0.0400. The maximum absolute atomic E-state index is 6.03. The van der Waals surface area contributed by atoms with Crippen LogP contribution < -0.4 is 0 Å². The lowest BCUT2D eigenvalue weighted by Gasteiger charge is -2.39. The molecule has 76 valence electrons. The Morgan fingerprint density at radius 1 is 1.46 bits per heavy atom. The van der Waals surface area contributed by atoms with Gasteiger partial charge in [0.1, 0.15) is 0 Å². The Bertz CT molecular complexity index is 197. The first-order chi connectivity index (χ1) is 6.10. The van der Waals surface area contributed by atoms with E-state index >= 15 is 0 Å². The average molecular weight is 182 g/mol. The van der Waals surface area contributed by atoms with Crippen molar-refractivity contribution in [1.82, 2.24) is 0 Å². The minimum Gasteiger partial charge on any atom is -0.374 e. The molecule has 3 atom stereocenters. The second-order valence-corrected chi connectivity index (χ2v) is 5.47. The highest BCUT2D eigenvalue weighted by molar-refractivity contribution is 5.01. The fraction of sp³-hybridized carbons (Fsp3) is 1.00. The third-order valence-electron chi connectivity index (χ3n) is 4.36. The van der Waals surface area contributed by atoms with Crippen LogP contribution in [0.3, 0.4) is 0 Å². The minimum atomic E-state index is 0.216. The van der Waals surface area contributed by atoms with Gasteiger partial charge in [-0.2, -0.15) is 0 Å². The van der Waals surface area contributed by atoms with Gasteiger partial charge in [0.15, 0.2) is 0 Å². The summed E-state index contributed by atoms with van der Waals surface area (Å²) >= 11 is 0. The molecule has 2 fully saturated rings. The highest BCUT2D eigenvalue weighted by Crippen LogP contribution is 2.54. The number of hydrogen-bond acceptors (Lipinski definition) is 1. The SMILES string of the molecule is CCC[C@]12CCC(C)[C@@](C)(C1)OC2. The molecule has 1 heteroatoms. The molecule has 0 aromatic heterocycles. The Morgan fingerprint density at radius 2 is 2.23 bits per heavy atom. The van der Waals surface area contributed by atoms with E-state index in [2.05, 4.69) is 20.8 Å². The van der Waals surface area contributed by atoms with E-state index in [0.29, 0.717) is 5.41 Å². The van der Waals surface area contributed by atoms with E-state index in [1.807, 2.05) is 0 Å². The number of ether oxygens (including phenoxy) is 1. The van der Waals surface area contributed by atoms with E-state index in [0.717, 1.165) is 12.5 Å². The highest BCUT2D eigenvalue weighted by atomic mass is 16.5. The Balaban J connectivity index is 2.13. The molecular weight excluding hydrogens is 160 g/mol. The van der Waals surface area contributed by atoms with E-state index in [1.165, 1.54) is 32.1 Å². The van der Waals surface area contributed by atoms with E-state index in [-0.39, 0.29) is 5.60 Å². The zero-order chi connectivity index (χ0) is 9.53. The van der Waals surface area contributed by atoms with Gasteiger partial charge in [-0.05, 0) is 43.9 Å². The van der Waals surface area contributed by atoms with Crippen molar-refractivity contribution >= 4 is 0 Å². The quantitative estimate of drug-likeness (QED) is 0.636. The monoisotopic (exact) mass is 182 g/mol. The zero-order valence-electron chi connectivity index (χ0n) is 9.23. The van der Waals surface area contributed by atoms with Gasteiger partial charge in [-0.3, -0.25) is 0 Å². The first-order valence-corrected chi connectivity index (χ1v) is 5.74. The van der Waals surface area contributed by atoms with Crippen molar-refractivity contribution in [3.8, 4) is 0 Å². The van der Waals surface area contributed by atoms with Crippen LogP contribution >= 0.6 is 0 Å². The molecule has 1 aliphatic carbocycles. The molecule has 1 unspecified atom stereocenters. The van der Waals surface area contributed by atoms with Gasteiger partial charge < -0.3 is 4.74 Å². The zero-order valence-corrected chi connectivity index (χ0v) is 9.23. The van der Waals surface area contributed by atoms with Gasteiger partial charge >= 0.3 is 0 Å². The topological polar surface area (TPSA) is 9.23 Å². The van der Waals surface area contributed by atoms with Gasteiger partial charge in [-0.1, -0.05) is 20.3 Å². The largest absolute Gasteiger partial charge is 0.374 e. The van der Waals surface area contributed by atoms with E-state index in [9.17, 15) is 0 Å². The maximum atomic E-state index is 6.03. The third-order valence-corrected chi connectivity index (χ3v) is 4.36. The van der Waals surface area contributed by atoms with E-state index in [4.69, 9.17) is 4.74 Å². The first kappa shape index (κ1) is 9.51. The lowest BCUT2D eigenvalue weighted by Crippen LogP contribution is -2.38. The molecule has 2 aliphatic rings. The molecule has 0 aromatic rings. The van der Waals surface area contributed by atoms with Crippen LogP contribution in [0.15, 0.2) is 0 Å². The van der Waals surface area contributed by atoms with Crippen LogP contribution in [0.4, 0.5) is 0 Å². The molecule has 0 amide bonds. The molecule has 0 spiro atoms. The summed E-state index contributed by atoms with van der Waals surface area (Å²) in [5.74, 6) is 0.764. The molecule has 1 heterocycles. The highest BCUT2D eigenvalue weighted by Gasteiger charge is 2.52. The fourth-order valence-electron chi connectivity index (χ4n) is 3.29. The van der Waals surface area contributed by atoms with Crippen LogP contribution in [0.5, 0.6) is 0 Å². The minimum absolute atomic E-state index is 0.216.